The number of anilines is 1. The number of nitrogens with two attached hydrogens (primary N) is 1. The monoisotopic (exact) mass is 336 g/mol. The lowest BCUT2D eigenvalue weighted by molar-refractivity contribution is -0.383. The van der Waals surface area contributed by atoms with Crippen molar-refractivity contribution in [3.05, 3.63) is 16.2 Å². The normalized spacial score (nSPS) is 19.8. The Labute approximate surface area is 125 Å². The second-order valence-corrected chi connectivity index (χ2v) is 7.87. The van der Waals surface area contributed by atoms with Crippen LogP contribution in [-0.2, 0) is 14.8 Å². The Morgan fingerprint density at radius 1 is 1.67 bits per heavy atom. The third kappa shape index (κ3) is 3.16. The van der Waals surface area contributed by atoms with Crippen LogP contribution in [0, 0.1) is 16.0 Å². The summed E-state index contributed by atoms with van der Waals surface area (Å²) in [6, 6.07) is 1.04. The van der Waals surface area contributed by atoms with Crippen LogP contribution in [0.2, 0.25) is 0 Å². The van der Waals surface area contributed by atoms with Crippen molar-refractivity contribution in [3.8, 4) is 0 Å². The van der Waals surface area contributed by atoms with Crippen LogP contribution in [0.3, 0.4) is 0 Å². The fraction of sp³-hybridized carbons (Fsp3) is 0.600. The van der Waals surface area contributed by atoms with Gasteiger partial charge >= 0.3 is 5.69 Å². The van der Waals surface area contributed by atoms with E-state index in [2.05, 4.69) is 5.43 Å². The molecule has 2 rings (SSSR count). The van der Waals surface area contributed by atoms with Crippen LogP contribution in [0.25, 0.3) is 0 Å². The molecule has 3 N–H and O–H groups in total. The summed E-state index contributed by atoms with van der Waals surface area (Å²) in [5, 5.41) is 10.9. The minimum atomic E-state index is -3.74. The molecule has 0 aromatic carbocycles. The largest absolute Gasteiger partial charge is 0.384 e. The number of nitrogen functional groups attached to an aromatic ring is 1. The fourth-order valence-corrected chi connectivity index (χ4v) is 5.16. The Morgan fingerprint density at radius 3 is 2.90 bits per heavy atom. The lowest BCUT2D eigenvalue weighted by Gasteiger charge is -2.14. The van der Waals surface area contributed by atoms with Gasteiger partial charge < -0.3 is 10.2 Å². The van der Waals surface area contributed by atoms with E-state index in [4.69, 9.17) is 10.6 Å². The average Bonchev–Trinajstić information content (AvgIpc) is 3.05. The third-order valence-corrected chi connectivity index (χ3v) is 6.63. The van der Waals surface area contributed by atoms with E-state index in [0.717, 1.165) is 17.4 Å². The minimum Gasteiger partial charge on any atom is -0.384 e. The highest BCUT2D eigenvalue weighted by Gasteiger charge is 2.35. The van der Waals surface area contributed by atoms with Gasteiger partial charge in [0.2, 0.25) is 0 Å². The first-order chi connectivity index (χ1) is 9.90. The lowest BCUT2D eigenvalue weighted by Crippen LogP contribution is -2.28. The van der Waals surface area contributed by atoms with Crippen LogP contribution in [-0.4, -0.2) is 44.5 Å². The van der Waals surface area contributed by atoms with Gasteiger partial charge in [0, 0.05) is 26.3 Å². The molecule has 1 unspecified atom stereocenters. The van der Waals surface area contributed by atoms with Crippen molar-refractivity contribution >= 4 is 32.0 Å². The number of hydrazine groups is 1. The third-order valence-electron chi connectivity index (χ3n) is 3.26. The number of nitrogens with one attached hydrogen (secondary N) is 1. The number of thiophene rings is 1. The summed E-state index contributed by atoms with van der Waals surface area (Å²) in [5.41, 5.74) is 1.82. The number of nitrogens with zero attached hydrogens (tertiary/aromatic N) is 2. The highest BCUT2D eigenvalue weighted by atomic mass is 32.2. The molecule has 1 aliphatic heterocycles. The summed E-state index contributed by atoms with van der Waals surface area (Å²) in [6.45, 7) is 1.23. The van der Waals surface area contributed by atoms with Gasteiger partial charge in [-0.05, 0) is 12.3 Å². The molecule has 1 saturated heterocycles. The molecule has 1 atom stereocenters. The summed E-state index contributed by atoms with van der Waals surface area (Å²) in [7, 11) is -2.17. The number of sulfonamides is 1. The zero-order valence-electron chi connectivity index (χ0n) is 11.3. The summed E-state index contributed by atoms with van der Waals surface area (Å²) in [4.78, 5) is 10.2. The van der Waals surface area contributed by atoms with Crippen molar-refractivity contribution in [1.29, 1.82) is 0 Å². The van der Waals surface area contributed by atoms with E-state index in [1.807, 2.05) is 0 Å². The number of methoxy groups -OCH3 is 1. The van der Waals surface area contributed by atoms with Crippen LogP contribution in [0.1, 0.15) is 6.42 Å². The Hall–Kier alpha value is -1.27. The summed E-state index contributed by atoms with van der Waals surface area (Å²) in [5.74, 6) is 5.34. The van der Waals surface area contributed by atoms with Crippen molar-refractivity contribution < 1.29 is 18.1 Å². The maximum Gasteiger partial charge on any atom is 0.306 e. The SMILES string of the molecule is COCC1CCN(S(=O)(=O)c2cc([N+](=O)[O-])c(NN)s2)C1. The first kappa shape index (κ1) is 16.1. The van der Waals surface area contributed by atoms with Gasteiger partial charge in [0.15, 0.2) is 5.00 Å². The van der Waals surface area contributed by atoms with Gasteiger partial charge in [-0.15, -0.1) is 0 Å². The molecule has 118 valence electrons. The van der Waals surface area contributed by atoms with Gasteiger partial charge in [-0.25, -0.2) is 14.3 Å². The van der Waals surface area contributed by atoms with E-state index in [0.29, 0.717) is 26.1 Å². The molecule has 0 bridgehead atoms. The number of hydrogen-bond acceptors (Lipinski definition) is 8. The van der Waals surface area contributed by atoms with E-state index in [1.54, 1.807) is 7.11 Å². The van der Waals surface area contributed by atoms with E-state index >= 15 is 0 Å². The van der Waals surface area contributed by atoms with Gasteiger partial charge in [-0.3, -0.25) is 10.1 Å². The van der Waals surface area contributed by atoms with Crippen molar-refractivity contribution in [2.24, 2.45) is 11.8 Å². The molecule has 0 saturated carbocycles. The standard InChI is InChI=1S/C10H16N4O5S2/c1-19-6-7-2-3-13(5-7)21(17,18)9-4-8(14(15)16)10(12-11)20-9/h4,7,12H,2-3,5-6,11H2,1H3. The van der Waals surface area contributed by atoms with E-state index in [9.17, 15) is 18.5 Å². The number of hydrogen-bond donors (Lipinski definition) is 2. The van der Waals surface area contributed by atoms with Crippen LogP contribution in [0.15, 0.2) is 10.3 Å². The van der Waals surface area contributed by atoms with Gasteiger partial charge in [0.05, 0.1) is 11.5 Å². The highest BCUT2D eigenvalue weighted by Crippen LogP contribution is 2.38. The highest BCUT2D eigenvalue weighted by molar-refractivity contribution is 7.91. The Balaban J connectivity index is 2.26. The van der Waals surface area contributed by atoms with Crippen LogP contribution in [0.5, 0.6) is 0 Å². The molecule has 21 heavy (non-hydrogen) atoms. The summed E-state index contributed by atoms with van der Waals surface area (Å²) in [6.07, 6.45) is 0.711. The topological polar surface area (TPSA) is 128 Å². The van der Waals surface area contributed by atoms with Gasteiger partial charge in [0.1, 0.15) is 4.21 Å². The number of rotatable bonds is 6. The van der Waals surface area contributed by atoms with Crippen LogP contribution < -0.4 is 11.3 Å². The van der Waals surface area contributed by atoms with E-state index in [-0.39, 0.29) is 20.8 Å². The predicted octanol–water partition coefficient (Wildman–Crippen LogP) is 0.599. The van der Waals surface area contributed by atoms with Gasteiger partial charge in [-0.1, -0.05) is 11.3 Å². The zero-order chi connectivity index (χ0) is 15.6. The molecule has 0 radical (unpaired) electrons. The van der Waals surface area contributed by atoms with Crippen molar-refractivity contribution in [1.82, 2.24) is 4.31 Å². The quantitative estimate of drug-likeness (QED) is 0.442. The Morgan fingerprint density at radius 2 is 2.38 bits per heavy atom. The Kier molecular flexibility index (Phi) is 4.78. The van der Waals surface area contributed by atoms with Crippen molar-refractivity contribution in [2.75, 3.05) is 32.2 Å². The Bertz CT molecular complexity index is 629. The van der Waals surface area contributed by atoms with Crippen molar-refractivity contribution in [2.45, 2.75) is 10.6 Å². The molecule has 1 aliphatic rings. The smallest absolute Gasteiger partial charge is 0.306 e. The van der Waals surface area contributed by atoms with Gasteiger partial charge in [-0.2, -0.15) is 4.31 Å². The maximum atomic E-state index is 12.5. The first-order valence-electron chi connectivity index (χ1n) is 6.14. The maximum absolute atomic E-state index is 12.5. The molecule has 1 aromatic heterocycles. The molecular formula is C10H16N4O5S2. The second kappa shape index (κ2) is 6.23. The molecule has 1 fully saturated rings. The summed E-state index contributed by atoms with van der Waals surface area (Å²) >= 11 is 0.758. The summed E-state index contributed by atoms with van der Waals surface area (Å²) < 4.78 is 31.3. The fourth-order valence-electron chi connectivity index (χ4n) is 2.24. The lowest BCUT2D eigenvalue weighted by atomic mass is 10.1. The van der Waals surface area contributed by atoms with Gasteiger partial charge in [0.25, 0.3) is 10.0 Å². The molecule has 11 heteroatoms. The van der Waals surface area contributed by atoms with Crippen LogP contribution in [0.4, 0.5) is 10.7 Å². The van der Waals surface area contributed by atoms with Crippen molar-refractivity contribution in [3.63, 3.8) is 0 Å². The predicted molar refractivity (Wildman–Crippen MR) is 77.5 cm³/mol. The molecule has 0 aliphatic carbocycles. The first-order valence-corrected chi connectivity index (χ1v) is 8.39. The molecule has 0 amide bonds. The minimum absolute atomic E-state index is 0.0196. The molecular weight excluding hydrogens is 320 g/mol. The molecule has 2 heterocycles. The number of ether oxygens (including phenoxy) is 1. The number of nitro groups is 1. The molecule has 0 spiro atoms. The molecule has 1 aromatic rings. The zero-order valence-corrected chi connectivity index (χ0v) is 12.9. The molecule has 9 nitrogen and oxygen atoms in total. The van der Waals surface area contributed by atoms with E-state index in [1.165, 1.54) is 4.31 Å². The average molecular weight is 336 g/mol. The second-order valence-electron chi connectivity index (χ2n) is 4.65. The van der Waals surface area contributed by atoms with Crippen LogP contribution >= 0.6 is 11.3 Å². The van der Waals surface area contributed by atoms with E-state index < -0.39 is 14.9 Å².